The number of aromatic carboxylic acids is 1. The molecule has 8 nitrogen and oxygen atoms in total. The number of carboxylic acids is 1. The molecular formula is C12H13BrN4O4S. The van der Waals surface area contributed by atoms with E-state index < -0.39 is 10.9 Å². The van der Waals surface area contributed by atoms with E-state index in [-0.39, 0.29) is 11.5 Å². The largest absolute Gasteiger partial charge is 0.475 e. The Morgan fingerprint density at radius 1 is 1.36 bits per heavy atom. The molecule has 0 spiro atoms. The molecule has 0 radical (unpaired) electrons. The van der Waals surface area contributed by atoms with Crippen molar-refractivity contribution >= 4 is 40.2 Å². The number of nitro benzene ring substituents is 1. The van der Waals surface area contributed by atoms with Gasteiger partial charge in [-0.2, -0.15) is 0 Å². The predicted molar refractivity (Wildman–Crippen MR) is 85.7 cm³/mol. The highest BCUT2D eigenvalue weighted by Crippen LogP contribution is 2.08. The zero-order valence-corrected chi connectivity index (χ0v) is 13.8. The lowest BCUT2D eigenvalue weighted by Crippen LogP contribution is -2.10. The summed E-state index contributed by atoms with van der Waals surface area (Å²) < 4.78 is 1.46. The summed E-state index contributed by atoms with van der Waals surface area (Å²) in [5.74, 6) is -1.15. The summed E-state index contributed by atoms with van der Waals surface area (Å²) in [4.78, 5) is 20.2. The molecule has 1 heterocycles. The van der Waals surface area contributed by atoms with E-state index in [2.05, 4.69) is 38.8 Å². The van der Waals surface area contributed by atoms with E-state index >= 15 is 0 Å². The van der Waals surface area contributed by atoms with Gasteiger partial charge in [0.1, 0.15) is 0 Å². The van der Waals surface area contributed by atoms with Gasteiger partial charge in [0.25, 0.3) is 5.69 Å². The van der Waals surface area contributed by atoms with Crippen LogP contribution in [0.15, 0.2) is 35.5 Å². The van der Waals surface area contributed by atoms with Gasteiger partial charge in [-0.3, -0.25) is 14.7 Å². The molecule has 1 N–H and O–H groups in total. The molecule has 2 rings (SSSR count). The first-order chi connectivity index (χ1) is 10.5. The molecule has 0 bridgehead atoms. The Bertz CT molecular complexity index is 635. The number of nitrogens with zero attached hydrogens (tertiary/aromatic N) is 4. The Morgan fingerprint density at radius 2 is 2.00 bits per heavy atom. The van der Waals surface area contributed by atoms with Crippen LogP contribution in [0.3, 0.4) is 0 Å². The highest BCUT2D eigenvalue weighted by Gasteiger charge is 2.14. The minimum Gasteiger partial charge on any atom is -0.475 e. The van der Waals surface area contributed by atoms with Gasteiger partial charge in [-0.15, -0.1) is 22.8 Å². The summed E-state index contributed by atoms with van der Waals surface area (Å²) >= 11 is 7.25. The number of benzene rings is 1. The fourth-order valence-corrected chi connectivity index (χ4v) is 1.92. The maximum absolute atomic E-state index is 10.6. The third kappa shape index (κ3) is 5.45. The maximum Gasteiger partial charge on any atom is 0.374 e. The van der Waals surface area contributed by atoms with E-state index in [4.69, 9.17) is 5.11 Å². The van der Waals surface area contributed by atoms with Crippen molar-refractivity contribution in [1.82, 2.24) is 14.8 Å². The molecule has 2 aromatic rings. The molecule has 10 heteroatoms. The molecule has 0 aliphatic carbocycles. The first-order valence-corrected chi connectivity index (χ1v) is 7.65. The number of aromatic nitrogens is 3. The average Bonchev–Trinajstić information content (AvgIpc) is 2.88. The normalized spacial score (nSPS) is 9.73. The lowest BCUT2D eigenvalue weighted by atomic mass is 10.3. The van der Waals surface area contributed by atoms with Crippen LogP contribution in [-0.4, -0.2) is 36.1 Å². The van der Waals surface area contributed by atoms with Crippen LogP contribution in [0.25, 0.3) is 0 Å². The number of alkyl halides is 1. The topological polar surface area (TPSA) is 111 Å². The number of hydrogen-bond donors (Lipinski definition) is 2. The van der Waals surface area contributed by atoms with Crippen LogP contribution < -0.4 is 0 Å². The molecule has 0 saturated carbocycles. The Morgan fingerprint density at radius 3 is 2.45 bits per heavy atom. The predicted octanol–water partition coefficient (Wildman–Crippen LogP) is 2.64. The van der Waals surface area contributed by atoms with Crippen molar-refractivity contribution in [2.24, 2.45) is 0 Å². The fraction of sp³-hybridized carbons (Fsp3) is 0.250. The minimum atomic E-state index is -1.08. The Kier molecular flexibility index (Phi) is 7.54. The van der Waals surface area contributed by atoms with Gasteiger partial charge in [-0.25, -0.2) is 4.79 Å². The Hall–Kier alpha value is -1.94. The van der Waals surface area contributed by atoms with E-state index in [0.29, 0.717) is 11.7 Å². The number of hydrogen-bond acceptors (Lipinski definition) is 6. The van der Waals surface area contributed by atoms with E-state index in [9.17, 15) is 14.9 Å². The SMILES string of the molecule is O=C(O)c1nnc(S)n1CCCBr.O=[N+]([O-])c1ccccc1. The van der Waals surface area contributed by atoms with Crippen LogP contribution >= 0.6 is 28.6 Å². The van der Waals surface area contributed by atoms with Gasteiger partial charge < -0.3 is 5.11 Å². The van der Waals surface area contributed by atoms with Crippen molar-refractivity contribution in [2.45, 2.75) is 18.1 Å². The Labute approximate surface area is 139 Å². The molecule has 0 unspecified atom stereocenters. The standard InChI is InChI=1S/C6H8BrN3O2S.C6H5NO2/c7-2-1-3-10-4(5(11)12)8-9-6(10)13;8-7(9)6-4-2-1-3-5-6/h1-3H2,(H,9,13)(H,11,12);1-5H. The highest BCUT2D eigenvalue weighted by molar-refractivity contribution is 9.09. The number of para-hydroxylation sites is 1. The first-order valence-electron chi connectivity index (χ1n) is 6.08. The zero-order valence-electron chi connectivity index (χ0n) is 11.3. The monoisotopic (exact) mass is 388 g/mol. The van der Waals surface area contributed by atoms with E-state index in [1.54, 1.807) is 18.2 Å². The second-order valence-electron chi connectivity index (χ2n) is 3.92. The lowest BCUT2D eigenvalue weighted by molar-refractivity contribution is -0.384. The van der Waals surface area contributed by atoms with Gasteiger partial charge in [0, 0.05) is 24.0 Å². The van der Waals surface area contributed by atoms with Crippen LogP contribution in [0.1, 0.15) is 17.0 Å². The molecule has 0 aliphatic heterocycles. The third-order valence-electron chi connectivity index (χ3n) is 2.40. The van der Waals surface area contributed by atoms with Crippen LogP contribution in [-0.2, 0) is 6.54 Å². The summed E-state index contributed by atoms with van der Waals surface area (Å²) in [6, 6.07) is 7.93. The molecule has 0 aliphatic rings. The number of nitro groups is 1. The molecule has 0 amide bonds. The minimum absolute atomic E-state index is 0.0639. The molecule has 118 valence electrons. The number of rotatable bonds is 5. The van der Waals surface area contributed by atoms with Crippen molar-refractivity contribution in [2.75, 3.05) is 5.33 Å². The second-order valence-corrected chi connectivity index (χ2v) is 5.11. The average molecular weight is 389 g/mol. The summed E-state index contributed by atoms with van der Waals surface area (Å²) in [6.07, 6.45) is 0.811. The van der Waals surface area contributed by atoms with Crippen LogP contribution in [0.2, 0.25) is 0 Å². The van der Waals surface area contributed by atoms with Gasteiger partial charge in [0.2, 0.25) is 5.82 Å². The number of non-ortho nitro benzene ring substituents is 1. The van der Waals surface area contributed by atoms with E-state index in [1.807, 2.05) is 0 Å². The zero-order chi connectivity index (χ0) is 16.5. The van der Waals surface area contributed by atoms with Gasteiger partial charge >= 0.3 is 5.97 Å². The van der Waals surface area contributed by atoms with E-state index in [1.165, 1.54) is 16.7 Å². The lowest BCUT2D eigenvalue weighted by Gasteiger charge is -2.02. The summed E-state index contributed by atoms with van der Waals surface area (Å²) in [6.45, 7) is 0.554. The van der Waals surface area contributed by atoms with Crippen LogP contribution in [0.4, 0.5) is 5.69 Å². The van der Waals surface area contributed by atoms with Crippen molar-refractivity contribution in [3.05, 3.63) is 46.3 Å². The van der Waals surface area contributed by atoms with Gasteiger partial charge in [-0.1, -0.05) is 34.1 Å². The molecule has 1 aromatic carbocycles. The summed E-state index contributed by atoms with van der Waals surface area (Å²) in [7, 11) is 0. The smallest absolute Gasteiger partial charge is 0.374 e. The number of carbonyl (C=O) groups is 1. The van der Waals surface area contributed by atoms with Crippen LogP contribution in [0, 0.1) is 10.1 Å². The molecule has 0 saturated heterocycles. The third-order valence-corrected chi connectivity index (χ3v) is 3.30. The molecule has 22 heavy (non-hydrogen) atoms. The number of carboxylic acid groups (broad SMARTS) is 1. The summed E-state index contributed by atoms with van der Waals surface area (Å²) in [5.41, 5.74) is 0.137. The number of thiol groups is 1. The molecule has 0 atom stereocenters. The quantitative estimate of drug-likeness (QED) is 0.352. The van der Waals surface area contributed by atoms with Gasteiger partial charge in [0.15, 0.2) is 5.16 Å². The second kappa shape index (κ2) is 9.15. The maximum atomic E-state index is 10.6. The van der Waals surface area contributed by atoms with Gasteiger partial charge in [-0.05, 0) is 6.42 Å². The van der Waals surface area contributed by atoms with Crippen molar-refractivity contribution in [3.63, 3.8) is 0 Å². The summed E-state index contributed by atoms with van der Waals surface area (Å²) in [5, 5.41) is 26.9. The van der Waals surface area contributed by atoms with E-state index in [0.717, 1.165) is 11.8 Å². The number of halogens is 1. The first kappa shape index (κ1) is 18.1. The Balaban J connectivity index is 0.000000235. The van der Waals surface area contributed by atoms with Crippen molar-refractivity contribution in [1.29, 1.82) is 0 Å². The molecule has 0 fully saturated rings. The molecule has 1 aromatic heterocycles. The van der Waals surface area contributed by atoms with Crippen molar-refractivity contribution in [3.8, 4) is 0 Å². The fourth-order valence-electron chi connectivity index (χ4n) is 1.43. The van der Waals surface area contributed by atoms with Crippen LogP contribution in [0.5, 0.6) is 0 Å². The van der Waals surface area contributed by atoms with Crippen molar-refractivity contribution < 1.29 is 14.8 Å². The highest BCUT2D eigenvalue weighted by atomic mass is 79.9. The molecular weight excluding hydrogens is 376 g/mol. The van der Waals surface area contributed by atoms with Gasteiger partial charge in [0.05, 0.1) is 4.92 Å².